The fourth-order valence-corrected chi connectivity index (χ4v) is 2.30. The van der Waals surface area contributed by atoms with Gasteiger partial charge in [-0.05, 0) is 55.5 Å². The number of aromatic nitrogens is 1. The van der Waals surface area contributed by atoms with Gasteiger partial charge in [0.05, 0.1) is 11.9 Å². The Labute approximate surface area is 145 Å². The number of hydrogen-bond donors (Lipinski definition) is 3. The average molecular weight is 334 g/mol. The number of nitrogens with zero attached hydrogens (tertiary/aromatic N) is 2. The van der Waals surface area contributed by atoms with Crippen LogP contribution < -0.4 is 10.7 Å². The summed E-state index contributed by atoms with van der Waals surface area (Å²) in [5.41, 5.74) is 5.94. The molecule has 1 aromatic heterocycles. The summed E-state index contributed by atoms with van der Waals surface area (Å²) in [6, 6.07) is 17.6. The van der Waals surface area contributed by atoms with Crippen LogP contribution in [0.2, 0.25) is 0 Å². The Hall–Kier alpha value is -3.54. The van der Waals surface area contributed by atoms with Gasteiger partial charge in [0.1, 0.15) is 5.75 Å². The number of benzene rings is 2. The van der Waals surface area contributed by atoms with E-state index in [1.807, 2.05) is 54.1 Å². The van der Waals surface area contributed by atoms with Crippen LogP contribution in [0.15, 0.2) is 72.0 Å². The lowest BCUT2D eigenvalue weighted by Crippen LogP contribution is -2.24. The first kappa shape index (κ1) is 16.3. The molecular formula is C19H18N4O2. The van der Waals surface area contributed by atoms with Crippen LogP contribution in [-0.4, -0.2) is 21.9 Å². The predicted molar refractivity (Wildman–Crippen MR) is 98.4 cm³/mol. The summed E-state index contributed by atoms with van der Waals surface area (Å²) >= 11 is 0. The minimum absolute atomic E-state index is 0.209. The zero-order valence-electron chi connectivity index (χ0n) is 13.7. The summed E-state index contributed by atoms with van der Waals surface area (Å²) in [6.45, 7) is 1.98. The summed E-state index contributed by atoms with van der Waals surface area (Å²) in [4.78, 5) is 11.8. The van der Waals surface area contributed by atoms with Gasteiger partial charge in [0, 0.05) is 17.6 Å². The van der Waals surface area contributed by atoms with Gasteiger partial charge in [-0.1, -0.05) is 17.7 Å². The number of hydrazone groups is 1. The molecule has 3 N–H and O–H groups in total. The number of aromatic hydroxyl groups is 1. The zero-order chi connectivity index (χ0) is 17.6. The van der Waals surface area contributed by atoms with Crippen molar-refractivity contribution >= 4 is 17.9 Å². The maximum Gasteiger partial charge on any atom is 0.339 e. The van der Waals surface area contributed by atoms with Gasteiger partial charge >= 0.3 is 6.03 Å². The molecule has 3 rings (SSSR count). The molecular weight excluding hydrogens is 316 g/mol. The quantitative estimate of drug-likeness (QED) is 0.503. The number of carbonyl (C=O) groups excluding carboxylic acids is 1. The number of anilines is 1. The topological polar surface area (TPSA) is 78.7 Å². The number of hydrogen-bond acceptors (Lipinski definition) is 3. The summed E-state index contributed by atoms with van der Waals surface area (Å²) in [5.74, 6) is 0.209. The summed E-state index contributed by atoms with van der Waals surface area (Å²) in [5, 5.41) is 16.0. The number of carbonyl (C=O) groups is 1. The maximum absolute atomic E-state index is 11.8. The summed E-state index contributed by atoms with van der Waals surface area (Å²) in [7, 11) is 0. The van der Waals surface area contributed by atoms with Crippen LogP contribution in [0.3, 0.4) is 0 Å². The first-order chi connectivity index (χ1) is 12.1. The molecule has 0 bridgehead atoms. The zero-order valence-corrected chi connectivity index (χ0v) is 13.7. The minimum Gasteiger partial charge on any atom is -0.508 e. The van der Waals surface area contributed by atoms with E-state index in [2.05, 4.69) is 15.8 Å². The van der Waals surface area contributed by atoms with Crippen LogP contribution in [0, 0.1) is 6.92 Å². The second-order valence-electron chi connectivity index (χ2n) is 5.51. The molecule has 126 valence electrons. The highest BCUT2D eigenvalue weighted by molar-refractivity contribution is 5.90. The van der Waals surface area contributed by atoms with Crippen molar-refractivity contribution < 1.29 is 9.90 Å². The Morgan fingerprint density at radius 1 is 1.08 bits per heavy atom. The van der Waals surface area contributed by atoms with Crippen molar-refractivity contribution in [2.24, 2.45) is 5.10 Å². The van der Waals surface area contributed by atoms with E-state index in [1.54, 1.807) is 30.5 Å². The van der Waals surface area contributed by atoms with E-state index in [0.717, 1.165) is 16.9 Å². The standard InChI is InChI=1S/C19H18N4O2/c1-14-4-6-15(7-5-14)21-19(25)22-20-13-17-3-2-12-23(17)16-8-10-18(24)11-9-16/h2-13,24H,1H3,(H2,21,22,25)/b20-13+. The molecule has 0 saturated heterocycles. The first-order valence-corrected chi connectivity index (χ1v) is 7.75. The van der Waals surface area contributed by atoms with Crippen LogP contribution in [0.25, 0.3) is 5.69 Å². The third kappa shape index (κ3) is 4.26. The van der Waals surface area contributed by atoms with E-state index in [0.29, 0.717) is 5.69 Å². The van der Waals surface area contributed by atoms with Crippen molar-refractivity contribution in [2.45, 2.75) is 6.92 Å². The molecule has 0 aliphatic rings. The first-order valence-electron chi connectivity index (χ1n) is 7.75. The number of phenolic OH excluding ortho intramolecular Hbond substituents is 1. The van der Waals surface area contributed by atoms with Crippen LogP contribution in [0.1, 0.15) is 11.3 Å². The summed E-state index contributed by atoms with van der Waals surface area (Å²) < 4.78 is 1.89. The van der Waals surface area contributed by atoms with Crippen molar-refractivity contribution in [3.05, 3.63) is 78.1 Å². The molecule has 0 atom stereocenters. The molecule has 0 radical (unpaired) electrons. The molecule has 0 fully saturated rings. The third-order valence-electron chi connectivity index (χ3n) is 3.58. The Morgan fingerprint density at radius 3 is 2.52 bits per heavy atom. The van der Waals surface area contributed by atoms with Crippen LogP contribution >= 0.6 is 0 Å². The molecule has 6 heteroatoms. The van der Waals surface area contributed by atoms with E-state index in [4.69, 9.17) is 0 Å². The van der Waals surface area contributed by atoms with Crippen molar-refractivity contribution in [2.75, 3.05) is 5.32 Å². The van der Waals surface area contributed by atoms with Crippen LogP contribution in [-0.2, 0) is 0 Å². The Morgan fingerprint density at radius 2 is 1.80 bits per heavy atom. The Balaban J connectivity index is 1.63. The molecule has 0 saturated carbocycles. The van der Waals surface area contributed by atoms with Crippen LogP contribution in [0.5, 0.6) is 5.75 Å². The highest BCUT2D eigenvalue weighted by atomic mass is 16.3. The molecule has 1 heterocycles. The smallest absolute Gasteiger partial charge is 0.339 e. The highest BCUT2D eigenvalue weighted by Crippen LogP contribution is 2.15. The van der Waals surface area contributed by atoms with Gasteiger partial charge in [-0.2, -0.15) is 5.10 Å². The van der Waals surface area contributed by atoms with Crippen molar-refractivity contribution in [1.29, 1.82) is 0 Å². The second kappa shape index (κ2) is 7.35. The Bertz CT molecular complexity index is 881. The lowest BCUT2D eigenvalue weighted by atomic mass is 10.2. The predicted octanol–water partition coefficient (Wildman–Crippen LogP) is 3.65. The highest BCUT2D eigenvalue weighted by Gasteiger charge is 2.02. The van der Waals surface area contributed by atoms with E-state index in [1.165, 1.54) is 0 Å². The summed E-state index contributed by atoms with van der Waals surface area (Å²) in [6.07, 6.45) is 3.43. The number of aryl methyl sites for hydroxylation is 1. The van der Waals surface area contributed by atoms with Crippen molar-refractivity contribution in [3.8, 4) is 11.4 Å². The van der Waals surface area contributed by atoms with Gasteiger partial charge in [-0.15, -0.1) is 0 Å². The Kier molecular flexibility index (Phi) is 4.80. The molecule has 2 amide bonds. The van der Waals surface area contributed by atoms with Gasteiger partial charge in [0.2, 0.25) is 0 Å². The molecule has 0 unspecified atom stereocenters. The van der Waals surface area contributed by atoms with E-state index < -0.39 is 6.03 Å². The molecule has 0 aliphatic heterocycles. The number of amides is 2. The molecule has 0 spiro atoms. The third-order valence-corrected chi connectivity index (χ3v) is 3.58. The number of phenols is 1. The van der Waals surface area contributed by atoms with E-state index in [9.17, 15) is 9.90 Å². The largest absolute Gasteiger partial charge is 0.508 e. The molecule has 0 aliphatic carbocycles. The van der Waals surface area contributed by atoms with Crippen molar-refractivity contribution in [3.63, 3.8) is 0 Å². The SMILES string of the molecule is Cc1ccc(NC(=O)N/N=C/c2cccn2-c2ccc(O)cc2)cc1. The second-order valence-corrected chi connectivity index (χ2v) is 5.51. The van der Waals surface area contributed by atoms with Crippen LogP contribution in [0.4, 0.5) is 10.5 Å². The maximum atomic E-state index is 11.8. The van der Waals surface area contributed by atoms with Gasteiger partial charge < -0.3 is 15.0 Å². The molecule has 2 aromatic carbocycles. The fraction of sp³-hybridized carbons (Fsp3) is 0.0526. The van der Waals surface area contributed by atoms with Gasteiger partial charge in [0.15, 0.2) is 0 Å². The monoisotopic (exact) mass is 334 g/mol. The van der Waals surface area contributed by atoms with E-state index in [-0.39, 0.29) is 5.75 Å². The fourth-order valence-electron chi connectivity index (χ4n) is 2.30. The number of nitrogens with one attached hydrogen (secondary N) is 2. The minimum atomic E-state index is -0.414. The van der Waals surface area contributed by atoms with Gasteiger partial charge in [0.25, 0.3) is 0 Å². The van der Waals surface area contributed by atoms with Crippen molar-refractivity contribution in [1.82, 2.24) is 9.99 Å². The van der Waals surface area contributed by atoms with Gasteiger partial charge in [-0.25, -0.2) is 10.2 Å². The molecule has 6 nitrogen and oxygen atoms in total. The van der Waals surface area contributed by atoms with E-state index >= 15 is 0 Å². The molecule has 3 aromatic rings. The lowest BCUT2D eigenvalue weighted by molar-refractivity contribution is 0.252. The normalized spacial score (nSPS) is 10.8. The average Bonchev–Trinajstić information content (AvgIpc) is 3.06. The lowest BCUT2D eigenvalue weighted by Gasteiger charge is -2.07. The number of urea groups is 1. The van der Waals surface area contributed by atoms with Gasteiger partial charge in [-0.3, -0.25) is 0 Å². The number of rotatable bonds is 4. The molecule has 25 heavy (non-hydrogen) atoms.